The first kappa shape index (κ1) is 13.4. The lowest BCUT2D eigenvalue weighted by molar-refractivity contribution is -0.120. The standard InChI is InChI=1S/C10H13ClN4O2/c1-2-5-12-9(16)6-13-10(17)7-3-4-8(11)15-14-7/h3-4H,2,5-6H2,1H3,(H,12,16)(H,13,17). The van der Waals surface area contributed by atoms with Crippen LogP contribution < -0.4 is 10.6 Å². The van der Waals surface area contributed by atoms with Gasteiger partial charge in [0.1, 0.15) is 0 Å². The Morgan fingerprint density at radius 3 is 2.65 bits per heavy atom. The summed E-state index contributed by atoms with van der Waals surface area (Å²) in [5.74, 6) is -0.692. The van der Waals surface area contributed by atoms with Gasteiger partial charge in [0.05, 0.1) is 6.54 Å². The minimum absolute atomic E-state index is 0.0802. The van der Waals surface area contributed by atoms with Gasteiger partial charge in [0.2, 0.25) is 5.91 Å². The largest absolute Gasteiger partial charge is 0.355 e. The van der Waals surface area contributed by atoms with E-state index in [4.69, 9.17) is 11.6 Å². The molecule has 0 fully saturated rings. The van der Waals surface area contributed by atoms with Crippen LogP contribution in [0.2, 0.25) is 5.15 Å². The summed E-state index contributed by atoms with van der Waals surface area (Å²) in [6.07, 6.45) is 0.850. The molecule has 0 aliphatic heterocycles. The Balaban J connectivity index is 2.39. The van der Waals surface area contributed by atoms with Gasteiger partial charge in [-0.3, -0.25) is 9.59 Å². The van der Waals surface area contributed by atoms with Gasteiger partial charge in [0, 0.05) is 6.54 Å². The van der Waals surface area contributed by atoms with Crippen molar-refractivity contribution >= 4 is 23.4 Å². The molecule has 2 N–H and O–H groups in total. The second-order valence-electron chi connectivity index (χ2n) is 3.27. The van der Waals surface area contributed by atoms with Gasteiger partial charge in [-0.25, -0.2) is 0 Å². The van der Waals surface area contributed by atoms with E-state index >= 15 is 0 Å². The van der Waals surface area contributed by atoms with Crippen molar-refractivity contribution in [2.45, 2.75) is 13.3 Å². The van der Waals surface area contributed by atoms with Gasteiger partial charge in [-0.1, -0.05) is 18.5 Å². The highest BCUT2D eigenvalue weighted by atomic mass is 35.5. The van der Waals surface area contributed by atoms with Crippen molar-refractivity contribution in [2.75, 3.05) is 13.1 Å². The topological polar surface area (TPSA) is 84.0 Å². The Kier molecular flexibility index (Phi) is 5.35. The molecule has 0 radical (unpaired) electrons. The van der Waals surface area contributed by atoms with E-state index in [1.165, 1.54) is 12.1 Å². The summed E-state index contributed by atoms with van der Waals surface area (Å²) in [4.78, 5) is 22.7. The van der Waals surface area contributed by atoms with E-state index in [2.05, 4.69) is 20.8 Å². The van der Waals surface area contributed by atoms with Crippen molar-refractivity contribution in [3.63, 3.8) is 0 Å². The number of rotatable bonds is 5. The Morgan fingerprint density at radius 1 is 1.29 bits per heavy atom. The molecular formula is C10H13ClN4O2. The number of carbonyl (C=O) groups excluding carboxylic acids is 2. The van der Waals surface area contributed by atoms with Crippen molar-refractivity contribution in [3.8, 4) is 0 Å². The summed E-state index contributed by atoms with van der Waals surface area (Å²) in [5.41, 5.74) is 0.123. The Bertz CT molecular complexity index is 394. The maximum atomic E-state index is 11.5. The molecule has 0 saturated heterocycles. The molecule has 0 aromatic carbocycles. The van der Waals surface area contributed by atoms with Crippen LogP contribution >= 0.6 is 11.6 Å². The van der Waals surface area contributed by atoms with Crippen LogP contribution in [0.15, 0.2) is 12.1 Å². The molecule has 0 aliphatic rings. The fraction of sp³-hybridized carbons (Fsp3) is 0.400. The zero-order valence-electron chi connectivity index (χ0n) is 9.36. The third-order valence-electron chi connectivity index (χ3n) is 1.85. The molecule has 0 unspecified atom stereocenters. The molecule has 1 aromatic rings. The predicted molar refractivity (Wildman–Crippen MR) is 62.7 cm³/mol. The van der Waals surface area contributed by atoms with Crippen molar-refractivity contribution in [1.29, 1.82) is 0 Å². The fourth-order valence-corrected chi connectivity index (χ4v) is 1.12. The van der Waals surface area contributed by atoms with E-state index in [1.807, 2.05) is 6.92 Å². The van der Waals surface area contributed by atoms with Gasteiger partial charge < -0.3 is 10.6 Å². The number of hydrogen-bond donors (Lipinski definition) is 2. The third kappa shape index (κ3) is 4.78. The first-order chi connectivity index (χ1) is 8.13. The zero-order chi connectivity index (χ0) is 12.7. The first-order valence-electron chi connectivity index (χ1n) is 5.17. The van der Waals surface area contributed by atoms with Gasteiger partial charge >= 0.3 is 0 Å². The molecule has 6 nitrogen and oxygen atoms in total. The van der Waals surface area contributed by atoms with E-state index in [0.717, 1.165) is 6.42 Å². The van der Waals surface area contributed by atoms with Crippen LogP contribution in [0.1, 0.15) is 23.8 Å². The van der Waals surface area contributed by atoms with E-state index in [9.17, 15) is 9.59 Å². The van der Waals surface area contributed by atoms with Gasteiger partial charge in [-0.2, -0.15) is 0 Å². The molecule has 7 heteroatoms. The number of nitrogens with zero attached hydrogens (tertiary/aromatic N) is 2. The average molecular weight is 257 g/mol. The quantitative estimate of drug-likeness (QED) is 0.798. The molecular weight excluding hydrogens is 244 g/mol. The lowest BCUT2D eigenvalue weighted by Crippen LogP contribution is -2.37. The highest BCUT2D eigenvalue weighted by Gasteiger charge is 2.09. The molecule has 0 saturated carbocycles. The number of carbonyl (C=O) groups is 2. The monoisotopic (exact) mass is 256 g/mol. The number of aromatic nitrogens is 2. The lowest BCUT2D eigenvalue weighted by Gasteiger charge is -2.05. The van der Waals surface area contributed by atoms with Gasteiger partial charge in [-0.15, -0.1) is 10.2 Å². The number of hydrogen-bond acceptors (Lipinski definition) is 4. The molecule has 17 heavy (non-hydrogen) atoms. The fourth-order valence-electron chi connectivity index (χ4n) is 1.02. The van der Waals surface area contributed by atoms with Gasteiger partial charge in [-0.05, 0) is 18.6 Å². The van der Waals surface area contributed by atoms with Crippen LogP contribution in [0.4, 0.5) is 0 Å². The number of halogens is 1. The summed E-state index contributed by atoms with van der Waals surface area (Å²) in [5, 5.41) is 12.4. The minimum atomic E-state index is -0.458. The Hall–Kier alpha value is -1.69. The highest BCUT2D eigenvalue weighted by Crippen LogP contribution is 2.01. The second kappa shape index (κ2) is 6.80. The van der Waals surface area contributed by atoms with Crippen LogP contribution in [0.5, 0.6) is 0 Å². The van der Waals surface area contributed by atoms with Crippen molar-refractivity contribution in [3.05, 3.63) is 23.0 Å². The first-order valence-corrected chi connectivity index (χ1v) is 5.55. The van der Waals surface area contributed by atoms with E-state index in [0.29, 0.717) is 6.54 Å². The molecule has 2 amide bonds. The summed E-state index contributed by atoms with van der Waals surface area (Å²) in [7, 11) is 0. The van der Waals surface area contributed by atoms with E-state index < -0.39 is 5.91 Å². The summed E-state index contributed by atoms with van der Waals surface area (Å²) >= 11 is 5.53. The van der Waals surface area contributed by atoms with E-state index in [-0.39, 0.29) is 23.3 Å². The SMILES string of the molecule is CCCNC(=O)CNC(=O)c1ccc(Cl)nn1. The van der Waals surface area contributed by atoms with Crippen molar-refractivity contribution in [2.24, 2.45) is 0 Å². The number of amides is 2. The molecule has 1 heterocycles. The van der Waals surface area contributed by atoms with Crippen LogP contribution in [0.3, 0.4) is 0 Å². The zero-order valence-corrected chi connectivity index (χ0v) is 10.1. The molecule has 0 bridgehead atoms. The van der Waals surface area contributed by atoms with Crippen LogP contribution in [0, 0.1) is 0 Å². The second-order valence-corrected chi connectivity index (χ2v) is 3.66. The Morgan fingerprint density at radius 2 is 2.06 bits per heavy atom. The van der Waals surface area contributed by atoms with Crippen LogP contribution in [-0.2, 0) is 4.79 Å². The molecule has 0 spiro atoms. The average Bonchev–Trinajstić information content (AvgIpc) is 2.34. The lowest BCUT2D eigenvalue weighted by atomic mass is 10.3. The maximum absolute atomic E-state index is 11.5. The smallest absolute Gasteiger partial charge is 0.272 e. The molecule has 1 rings (SSSR count). The summed E-state index contributed by atoms with van der Waals surface area (Å²) in [6.45, 7) is 2.46. The molecule has 92 valence electrons. The van der Waals surface area contributed by atoms with Crippen molar-refractivity contribution in [1.82, 2.24) is 20.8 Å². The molecule has 0 atom stereocenters. The molecule has 0 aliphatic carbocycles. The van der Waals surface area contributed by atoms with Gasteiger partial charge in [0.25, 0.3) is 5.91 Å². The van der Waals surface area contributed by atoms with E-state index in [1.54, 1.807) is 0 Å². The summed E-state index contributed by atoms with van der Waals surface area (Å²) in [6, 6.07) is 2.90. The van der Waals surface area contributed by atoms with Crippen LogP contribution in [0.25, 0.3) is 0 Å². The number of nitrogens with one attached hydrogen (secondary N) is 2. The Labute approximate surface area is 104 Å². The minimum Gasteiger partial charge on any atom is -0.355 e. The molecule has 1 aromatic heterocycles. The van der Waals surface area contributed by atoms with Crippen LogP contribution in [-0.4, -0.2) is 35.1 Å². The predicted octanol–water partition coefficient (Wildman–Crippen LogP) is 0.386. The third-order valence-corrected chi connectivity index (χ3v) is 2.05. The summed E-state index contributed by atoms with van der Waals surface area (Å²) < 4.78 is 0. The maximum Gasteiger partial charge on any atom is 0.272 e. The highest BCUT2D eigenvalue weighted by molar-refractivity contribution is 6.29. The van der Waals surface area contributed by atoms with Crippen molar-refractivity contribution < 1.29 is 9.59 Å². The van der Waals surface area contributed by atoms with Gasteiger partial charge in [0.15, 0.2) is 10.8 Å². The normalized spacial score (nSPS) is 9.76.